The Kier molecular flexibility index (Phi) is 11.4. The molecule has 0 aliphatic rings. The molecule has 0 unspecified atom stereocenters. The molecular formula is C40H44N10O2. The van der Waals surface area contributed by atoms with Crippen molar-refractivity contribution < 1.29 is 9.47 Å². The average molecular weight is 697 g/mol. The second-order valence-electron chi connectivity index (χ2n) is 12.6. The second kappa shape index (κ2) is 16.6. The number of methoxy groups -OCH3 is 2. The lowest BCUT2D eigenvalue weighted by Gasteiger charge is -2.18. The average Bonchev–Trinajstić information content (AvgIpc) is 3.11. The molecule has 0 radical (unpaired) electrons. The molecule has 0 atom stereocenters. The first-order valence-electron chi connectivity index (χ1n) is 16.9. The van der Waals surface area contributed by atoms with E-state index in [2.05, 4.69) is 72.9 Å². The number of anilines is 6. The fourth-order valence-corrected chi connectivity index (χ4v) is 5.88. The Labute approximate surface area is 304 Å². The molecule has 0 amide bonds. The van der Waals surface area contributed by atoms with Gasteiger partial charge in [0.25, 0.3) is 0 Å². The zero-order valence-electron chi connectivity index (χ0n) is 29.9. The van der Waals surface area contributed by atoms with Gasteiger partial charge in [0.1, 0.15) is 46.4 Å². The Balaban J connectivity index is 1.13. The molecule has 0 saturated carbocycles. The van der Waals surface area contributed by atoms with Gasteiger partial charge in [0, 0.05) is 42.7 Å². The van der Waals surface area contributed by atoms with Crippen molar-refractivity contribution in [2.75, 3.05) is 50.4 Å². The molecular weight excluding hydrogens is 653 g/mol. The van der Waals surface area contributed by atoms with Gasteiger partial charge in [-0.15, -0.1) is 0 Å². The molecule has 6 N–H and O–H groups in total. The molecule has 2 aromatic heterocycles. The van der Waals surface area contributed by atoms with Crippen molar-refractivity contribution in [2.45, 2.75) is 26.2 Å². The molecule has 12 heteroatoms. The minimum absolute atomic E-state index is 0.397. The first-order valence-corrected chi connectivity index (χ1v) is 16.9. The van der Waals surface area contributed by atoms with E-state index in [4.69, 9.17) is 30.9 Å². The van der Waals surface area contributed by atoms with Crippen molar-refractivity contribution in [3.8, 4) is 22.6 Å². The second-order valence-corrected chi connectivity index (χ2v) is 12.6. The van der Waals surface area contributed by atoms with Gasteiger partial charge in [-0.3, -0.25) is 9.80 Å². The maximum atomic E-state index is 6.22. The highest BCUT2D eigenvalue weighted by molar-refractivity contribution is 5.73. The molecule has 6 rings (SSSR count). The van der Waals surface area contributed by atoms with Crippen LogP contribution in [0.15, 0.2) is 109 Å². The zero-order chi connectivity index (χ0) is 36.5. The molecule has 266 valence electrons. The van der Waals surface area contributed by atoms with Crippen LogP contribution in [0.2, 0.25) is 0 Å². The minimum atomic E-state index is 0.397. The quantitative estimate of drug-likeness (QED) is 0.0887. The van der Waals surface area contributed by atoms with Crippen LogP contribution in [0.1, 0.15) is 22.8 Å². The summed E-state index contributed by atoms with van der Waals surface area (Å²) < 4.78 is 10.9. The molecule has 4 aromatic carbocycles. The summed E-state index contributed by atoms with van der Waals surface area (Å²) in [4.78, 5) is 22.7. The number of nitrogens with two attached hydrogens (primary N) is 2. The molecule has 6 aromatic rings. The highest BCUT2D eigenvalue weighted by Gasteiger charge is 2.12. The Bertz CT molecular complexity index is 2090. The van der Waals surface area contributed by atoms with Crippen LogP contribution >= 0.6 is 0 Å². The molecule has 0 saturated heterocycles. The van der Waals surface area contributed by atoms with Crippen LogP contribution in [-0.4, -0.2) is 58.1 Å². The lowest BCUT2D eigenvalue weighted by Crippen LogP contribution is -2.19. The predicted molar refractivity (Wildman–Crippen MR) is 208 cm³/mol. The number of ether oxygens (including phenoxy) is 2. The fraction of sp³-hybridized carbons (Fsp3) is 0.200. The van der Waals surface area contributed by atoms with Gasteiger partial charge in [0.05, 0.1) is 27.3 Å². The maximum absolute atomic E-state index is 6.22. The lowest BCUT2D eigenvalue weighted by molar-refractivity contribution is 0.311. The van der Waals surface area contributed by atoms with Gasteiger partial charge in [0.15, 0.2) is 0 Å². The number of benzene rings is 4. The largest absolute Gasteiger partial charge is 0.497 e. The number of rotatable bonds is 15. The lowest BCUT2D eigenvalue weighted by atomic mass is 10.0. The highest BCUT2D eigenvalue weighted by Crippen LogP contribution is 2.31. The number of aromatic nitrogens is 4. The summed E-state index contributed by atoms with van der Waals surface area (Å²) in [6.07, 6.45) is 0. The summed E-state index contributed by atoms with van der Waals surface area (Å²) in [6.45, 7) is 2.49. The zero-order valence-corrected chi connectivity index (χ0v) is 29.9. The van der Waals surface area contributed by atoms with Crippen LogP contribution in [0.5, 0.6) is 11.5 Å². The van der Waals surface area contributed by atoms with Gasteiger partial charge >= 0.3 is 0 Å². The van der Waals surface area contributed by atoms with E-state index in [1.165, 1.54) is 5.56 Å². The third-order valence-electron chi connectivity index (χ3n) is 8.19. The van der Waals surface area contributed by atoms with Crippen LogP contribution < -0.4 is 31.6 Å². The summed E-state index contributed by atoms with van der Waals surface area (Å²) in [6, 6.07) is 35.8. The maximum Gasteiger partial charge on any atom is 0.147 e. The van der Waals surface area contributed by atoms with Gasteiger partial charge in [-0.05, 0) is 78.8 Å². The Morgan fingerprint density at radius 2 is 1.10 bits per heavy atom. The Morgan fingerprint density at radius 3 is 1.71 bits per heavy atom. The van der Waals surface area contributed by atoms with Crippen molar-refractivity contribution in [1.29, 1.82) is 0 Å². The minimum Gasteiger partial charge on any atom is -0.497 e. The number of hydrogen-bond acceptors (Lipinski definition) is 12. The van der Waals surface area contributed by atoms with Crippen molar-refractivity contribution >= 4 is 34.6 Å². The van der Waals surface area contributed by atoms with E-state index < -0.39 is 0 Å². The van der Waals surface area contributed by atoms with E-state index in [1.807, 2.05) is 68.7 Å². The van der Waals surface area contributed by atoms with Gasteiger partial charge in [0.2, 0.25) is 0 Å². The number of nitrogens with one attached hydrogen (secondary N) is 2. The molecule has 0 aliphatic heterocycles. The third kappa shape index (κ3) is 9.93. The van der Waals surface area contributed by atoms with Crippen molar-refractivity contribution in [1.82, 2.24) is 29.7 Å². The van der Waals surface area contributed by atoms with E-state index >= 15 is 0 Å². The first kappa shape index (κ1) is 35.6. The summed E-state index contributed by atoms with van der Waals surface area (Å²) in [5.74, 6) is 4.78. The van der Waals surface area contributed by atoms with E-state index in [-0.39, 0.29) is 0 Å². The summed E-state index contributed by atoms with van der Waals surface area (Å²) >= 11 is 0. The summed E-state index contributed by atoms with van der Waals surface area (Å²) in [7, 11) is 7.37. The van der Waals surface area contributed by atoms with Crippen LogP contribution in [0.4, 0.5) is 34.6 Å². The van der Waals surface area contributed by atoms with E-state index in [0.717, 1.165) is 40.4 Å². The van der Waals surface area contributed by atoms with Gasteiger partial charge < -0.3 is 31.6 Å². The van der Waals surface area contributed by atoms with Crippen molar-refractivity contribution in [2.24, 2.45) is 0 Å². The number of nitrogens with zero attached hydrogens (tertiary/aromatic N) is 6. The van der Waals surface area contributed by atoms with Crippen LogP contribution in [-0.2, 0) is 26.2 Å². The normalized spacial score (nSPS) is 11.1. The third-order valence-corrected chi connectivity index (χ3v) is 8.19. The molecule has 0 spiro atoms. The van der Waals surface area contributed by atoms with Crippen LogP contribution in [0, 0.1) is 0 Å². The molecule has 12 nitrogen and oxygen atoms in total. The first-order chi connectivity index (χ1) is 25.2. The molecule has 52 heavy (non-hydrogen) atoms. The molecule has 0 fully saturated rings. The van der Waals surface area contributed by atoms with Gasteiger partial charge in [-0.25, -0.2) is 19.9 Å². The molecule has 2 heterocycles. The summed E-state index contributed by atoms with van der Waals surface area (Å²) in [5, 5.41) is 6.72. The standard InChI is InChI=1S/C40H44N10O2/c1-49(23-27-9-6-5-7-10-27)25-39-46-36(42)22-38(48-39)44-32-18-30(19-34(20-32)52-4)29-12-8-11-28(17-29)24-50(2)26-40-45-35(41)21-37(47-40)43-31-13-15-33(51-3)16-14-31/h5-22H,23-26H2,1-4H3,(H3,41,43,45,47)(H3,42,44,46,48). The molecule has 0 bridgehead atoms. The SMILES string of the molecule is COc1ccc(Nc2cc(N)nc(CN(C)Cc3cccc(-c4cc(Nc5cc(N)nc(CN(C)Cc6ccccc6)n5)cc(OC)c4)c3)n2)cc1. The number of nitrogen functional groups attached to an aromatic ring is 2. The van der Waals surface area contributed by atoms with E-state index in [9.17, 15) is 0 Å². The van der Waals surface area contributed by atoms with E-state index in [1.54, 1.807) is 26.4 Å². The predicted octanol–water partition coefficient (Wildman–Crippen LogP) is 6.87. The Hall–Kier alpha value is -6.24. The Morgan fingerprint density at radius 1 is 0.519 bits per heavy atom. The molecule has 0 aliphatic carbocycles. The van der Waals surface area contributed by atoms with E-state index in [0.29, 0.717) is 60.3 Å². The smallest absolute Gasteiger partial charge is 0.147 e. The van der Waals surface area contributed by atoms with Gasteiger partial charge in [-0.2, -0.15) is 0 Å². The van der Waals surface area contributed by atoms with Gasteiger partial charge in [-0.1, -0.05) is 48.5 Å². The van der Waals surface area contributed by atoms with Crippen molar-refractivity contribution in [3.05, 3.63) is 132 Å². The van der Waals surface area contributed by atoms with Crippen LogP contribution in [0.25, 0.3) is 11.1 Å². The van der Waals surface area contributed by atoms with Crippen LogP contribution in [0.3, 0.4) is 0 Å². The van der Waals surface area contributed by atoms with Crippen molar-refractivity contribution in [3.63, 3.8) is 0 Å². The number of hydrogen-bond donors (Lipinski definition) is 4. The monoisotopic (exact) mass is 696 g/mol. The summed E-state index contributed by atoms with van der Waals surface area (Å²) in [5.41, 5.74) is 18.4. The fourth-order valence-electron chi connectivity index (χ4n) is 5.88. The highest BCUT2D eigenvalue weighted by atomic mass is 16.5. The topological polar surface area (TPSA) is 153 Å².